The Hall–Kier alpha value is -1.43. The van der Waals surface area contributed by atoms with Crippen LogP contribution in [0.2, 0.25) is 0 Å². The van der Waals surface area contributed by atoms with Gasteiger partial charge in [0.2, 0.25) is 0 Å². The third-order valence-electron chi connectivity index (χ3n) is 4.05. The summed E-state index contributed by atoms with van der Waals surface area (Å²) in [4.78, 5) is 15.5. The molecule has 0 saturated heterocycles. The smallest absolute Gasteiger partial charge is 0.306 e. The van der Waals surface area contributed by atoms with Gasteiger partial charge in [-0.3, -0.25) is 4.79 Å². The average molecular weight is 280 g/mol. The highest BCUT2D eigenvalue weighted by Crippen LogP contribution is 2.29. The minimum Gasteiger partial charge on any atom is -0.481 e. The number of hydrogen-bond acceptors (Lipinski definition) is 4. The van der Waals surface area contributed by atoms with Crippen LogP contribution in [0.3, 0.4) is 0 Å². The first-order chi connectivity index (χ1) is 9.59. The van der Waals surface area contributed by atoms with Crippen molar-refractivity contribution in [2.24, 2.45) is 11.8 Å². The van der Waals surface area contributed by atoms with E-state index in [4.69, 9.17) is 0 Å². The van der Waals surface area contributed by atoms with E-state index < -0.39 is 5.97 Å². The first kappa shape index (κ1) is 15.0. The zero-order valence-corrected chi connectivity index (χ0v) is 12.2. The maximum atomic E-state index is 11.2. The van der Waals surface area contributed by atoms with Crippen LogP contribution in [-0.2, 0) is 11.3 Å². The summed E-state index contributed by atoms with van der Waals surface area (Å²) in [6.45, 7) is 5.52. The largest absolute Gasteiger partial charge is 0.481 e. The van der Waals surface area contributed by atoms with Crippen LogP contribution in [-0.4, -0.2) is 32.4 Å². The first-order valence-electron chi connectivity index (χ1n) is 7.41. The van der Waals surface area contributed by atoms with Crippen molar-refractivity contribution in [3.8, 4) is 0 Å². The van der Waals surface area contributed by atoms with Crippen LogP contribution in [0, 0.1) is 11.8 Å². The summed E-state index contributed by atoms with van der Waals surface area (Å²) in [6.07, 6.45) is 5.55. The van der Waals surface area contributed by atoms with Gasteiger partial charge < -0.3 is 10.4 Å². The average Bonchev–Trinajstić information content (AvgIpc) is 2.87. The molecule has 112 valence electrons. The quantitative estimate of drug-likeness (QED) is 0.831. The van der Waals surface area contributed by atoms with E-state index in [0.717, 1.165) is 38.1 Å². The third kappa shape index (κ3) is 3.56. The van der Waals surface area contributed by atoms with Crippen LogP contribution in [0.15, 0.2) is 6.33 Å². The van der Waals surface area contributed by atoms with Gasteiger partial charge in [-0.15, -0.1) is 0 Å². The molecule has 0 aromatic carbocycles. The molecule has 1 heterocycles. The number of nitrogens with one attached hydrogen (secondary N) is 1. The van der Waals surface area contributed by atoms with Gasteiger partial charge in [0.1, 0.15) is 12.2 Å². The number of aromatic nitrogens is 3. The Balaban J connectivity index is 1.85. The summed E-state index contributed by atoms with van der Waals surface area (Å²) in [7, 11) is 0. The highest BCUT2D eigenvalue weighted by Gasteiger charge is 2.30. The van der Waals surface area contributed by atoms with Crippen LogP contribution in [0.1, 0.15) is 51.4 Å². The number of carboxylic acids is 1. The van der Waals surface area contributed by atoms with Gasteiger partial charge in [-0.2, -0.15) is 5.10 Å². The second-order valence-corrected chi connectivity index (χ2v) is 5.83. The monoisotopic (exact) mass is 280 g/mol. The molecule has 20 heavy (non-hydrogen) atoms. The van der Waals surface area contributed by atoms with Crippen LogP contribution >= 0.6 is 0 Å². The second kappa shape index (κ2) is 6.83. The van der Waals surface area contributed by atoms with Gasteiger partial charge in [-0.05, 0) is 39.2 Å². The van der Waals surface area contributed by atoms with E-state index in [-0.39, 0.29) is 17.9 Å². The van der Waals surface area contributed by atoms with Crippen molar-refractivity contribution in [3.63, 3.8) is 0 Å². The van der Waals surface area contributed by atoms with Gasteiger partial charge in [0.25, 0.3) is 0 Å². The van der Waals surface area contributed by atoms with Gasteiger partial charge in [0.05, 0.1) is 12.5 Å². The Morgan fingerprint density at radius 3 is 2.95 bits per heavy atom. The lowest BCUT2D eigenvalue weighted by Crippen LogP contribution is -2.35. The molecule has 0 spiro atoms. The normalized spacial score (nSPS) is 23.1. The molecule has 1 aromatic heterocycles. The maximum absolute atomic E-state index is 11.2. The first-order valence-corrected chi connectivity index (χ1v) is 7.41. The molecule has 1 fully saturated rings. The van der Waals surface area contributed by atoms with Crippen molar-refractivity contribution in [1.82, 2.24) is 20.1 Å². The number of carboxylic acid groups (broad SMARTS) is 1. The zero-order chi connectivity index (χ0) is 14.5. The van der Waals surface area contributed by atoms with Crippen molar-refractivity contribution in [2.45, 2.75) is 52.1 Å². The molecule has 0 aliphatic heterocycles. The van der Waals surface area contributed by atoms with Gasteiger partial charge in [-0.25, -0.2) is 9.67 Å². The summed E-state index contributed by atoms with van der Waals surface area (Å²) >= 11 is 0. The van der Waals surface area contributed by atoms with E-state index in [1.165, 1.54) is 0 Å². The van der Waals surface area contributed by atoms with E-state index in [1.54, 1.807) is 6.33 Å². The summed E-state index contributed by atoms with van der Waals surface area (Å²) in [5, 5.41) is 16.8. The molecular weight excluding hydrogens is 256 g/mol. The molecule has 6 nitrogen and oxygen atoms in total. The van der Waals surface area contributed by atoms with Crippen molar-refractivity contribution in [2.75, 3.05) is 6.54 Å². The number of carbonyl (C=O) groups is 1. The van der Waals surface area contributed by atoms with Crippen LogP contribution in [0.5, 0.6) is 0 Å². The van der Waals surface area contributed by atoms with Gasteiger partial charge in [0, 0.05) is 6.04 Å². The SMILES string of the molecule is CC(C)n1ncnc1CNCC1CCCCC1C(=O)O. The van der Waals surface area contributed by atoms with Gasteiger partial charge in [0.15, 0.2) is 0 Å². The van der Waals surface area contributed by atoms with E-state index in [2.05, 4.69) is 29.2 Å². The summed E-state index contributed by atoms with van der Waals surface area (Å²) < 4.78 is 1.89. The number of nitrogens with zero attached hydrogens (tertiary/aromatic N) is 3. The van der Waals surface area contributed by atoms with E-state index in [0.29, 0.717) is 6.54 Å². The Morgan fingerprint density at radius 2 is 2.25 bits per heavy atom. The summed E-state index contributed by atoms with van der Waals surface area (Å²) in [5.41, 5.74) is 0. The predicted octanol–water partition coefficient (Wildman–Crippen LogP) is 1.84. The fourth-order valence-electron chi connectivity index (χ4n) is 2.98. The molecule has 1 aromatic rings. The van der Waals surface area contributed by atoms with E-state index >= 15 is 0 Å². The number of hydrogen-bond donors (Lipinski definition) is 2. The Morgan fingerprint density at radius 1 is 1.50 bits per heavy atom. The minimum absolute atomic E-state index is 0.195. The number of aliphatic carboxylic acids is 1. The Bertz CT molecular complexity index is 444. The van der Waals surface area contributed by atoms with Gasteiger partial charge in [-0.1, -0.05) is 12.8 Å². The topological polar surface area (TPSA) is 80.0 Å². The molecule has 2 unspecified atom stereocenters. The van der Waals surface area contributed by atoms with Crippen LogP contribution in [0.25, 0.3) is 0 Å². The molecule has 2 rings (SSSR count). The zero-order valence-electron chi connectivity index (χ0n) is 12.2. The lowest BCUT2D eigenvalue weighted by atomic mass is 9.79. The van der Waals surface area contributed by atoms with Crippen molar-refractivity contribution < 1.29 is 9.90 Å². The predicted molar refractivity (Wildman–Crippen MR) is 75.2 cm³/mol. The highest BCUT2D eigenvalue weighted by atomic mass is 16.4. The molecule has 1 aliphatic rings. The lowest BCUT2D eigenvalue weighted by molar-refractivity contribution is -0.144. The lowest BCUT2D eigenvalue weighted by Gasteiger charge is -2.28. The summed E-state index contributed by atoms with van der Waals surface area (Å²) in [5.74, 6) is 0.292. The molecule has 2 atom stereocenters. The van der Waals surface area contributed by atoms with E-state index in [1.807, 2.05) is 4.68 Å². The fourth-order valence-corrected chi connectivity index (χ4v) is 2.98. The van der Waals surface area contributed by atoms with Crippen molar-refractivity contribution >= 4 is 5.97 Å². The molecule has 0 amide bonds. The Kier molecular flexibility index (Phi) is 5.11. The minimum atomic E-state index is -0.651. The Labute approximate surface area is 119 Å². The maximum Gasteiger partial charge on any atom is 0.306 e. The molecule has 6 heteroatoms. The highest BCUT2D eigenvalue weighted by molar-refractivity contribution is 5.70. The second-order valence-electron chi connectivity index (χ2n) is 5.83. The third-order valence-corrected chi connectivity index (χ3v) is 4.05. The van der Waals surface area contributed by atoms with Crippen LogP contribution in [0.4, 0.5) is 0 Å². The van der Waals surface area contributed by atoms with E-state index in [9.17, 15) is 9.90 Å². The van der Waals surface area contributed by atoms with Crippen molar-refractivity contribution in [3.05, 3.63) is 12.2 Å². The van der Waals surface area contributed by atoms with Crippen molar-refractivity contribution in [1.29, 1.82) is 0 Å². The molecular formula is C14H24N4O2. The standard InChI is InChI=1S/C14H24N4O2/c1-10(2)18-13(16-9-17-18)8-15-7-11-5-3-4-6-12(11)14(19)20/h9-12,15H,3-8H2,1-2H3,(H,19,20). The van der Waals surface area contributed by atoms with Gasteiger partial charge >= 0.3 is 5.97 Å². The molecule has 2 N–H and O–H groups in total. The number of rotatable bonds is 6. The fraction of sp³-hybridized carbons (Fsp3) is 0.786. The summed E-state index contributed by atoms with van der Waals surface area (Å²) in [6, 6.07) is 0.288. The molecule has 1 saturated carbocycles. The molecule has 1 aliphatic carbocycles. The molecule has 0 bridgehead atoms. The van der Waals surface area contributed by atoms with Crippen LogP contribution < -0.4 is 5.32 Å². The molecule has 0 radical (unpaired) electrons.